The molecular formula is C18H23N3O5. The van der Waals surface area contributed by atoms with Crippen LogP contribution in [0.5, 0.6) is 5.75 Å². The van der Waals surface area contributed by atoms with Crippen molar-refractivity contribution in [1.82, 2.24) is 10.7 Å². The Bertz CT molecular complexity index is 727. The zero-order valence-electron chi connectivity index (χ0n) is 14.9. The van der Waals surface area contributed by atoms with E-state index in [0.29, 0.717) is 12.4 Å². The number of amides is 1. The Kier molecular flexibility index (Phi) is 7.02. The van der Waals surface area contributed by atoms with E-state index in [1.165, 1.54) is 12.1 Å². The molecule has 2 rings (SSSR count). The van der Waals surface area contributed by atoms with E-state index in [0.717, 1.165) is 12.8 Å². The van der Waals surface area contributed by atoms with E-state index >= 15 is 0 Å². The lowest BCUT2D eigenvalue weighted by atomic mass is 10.2. The van der Waals surface area contributed by atoms with E-state index in [9.17, 15) is 14.7 Å². The molecule has 0 atom stereocenters. The third-order valence-corrected chi connectivity index (χ3v) is 3.61. The molecule has 0 saturated heterocycles. The van der Waals surface area contributed by atoms with Gasteiger partial charge in [-0.1, -0.05) is 25.5 Å². The van der Waals surface area contributed by atoms with Gasteiger partial charge in [0.15, 0.2) is 0 Å². The number of hydrazone groups is 1. The lowest BCUT2D eigenvalue weighted by Crippen LogP contribution is -2.24. The molecule has 0 spiro atoms. The first kappa shape index (κ1) is 19.3. The van der Waals surface area contributed by atoms with Crippen LogP contribution in [-0.4, -0.2) is 42.5 Å². The average molecular weight is 361 g/mol. The van der Waals surface area contributed by atoms with Crippen LogP contribution in [0.4, 0.5) is 0 Å². The van der Waals surface area contributed by atoms with Crippen molar-refractivity contribution in [3.63, 3.8) is 0 Å². The first-order valence-corrected chi connectivity index (χ1v) is 8.51. The highest BCUT2D eigenvalue weighted by Crippen LogP contribution is 2.18. The second-order valence-electron chi connectivity index (χ2n) is 5.51. The summed E-state index contributed by atoms with van der Waals surface area (Å²) in [5.74, 6) is -1.02. The van der Waals surface area contributed by atoms with Gasteiger partial charge in [0.25, 0.3) is 5.91 Å². The number of hydrogen-bond donors (Lipinski definition) is 3. The zero-order valence-corrected chi connectivity index (χ0v) is 14.9. The first-order valence-electron chi connectivity index (χ1n) is 8.51. The van der Waals surface area contributed by atoms with Gasteiger partial charge in [0.1, 0.15) is 23.6 Å². The molecule has 140 valence electrons. The highest BCUT2D eigenvalue weighted by atomic mass is 16.5. The number of phenols is 1. The van der Waals surface area contributed by atoms with E-state index in [2.05, 4.69) is 22.8 Å². The Morgan fingerprint density at radius 1 is 1.31 bits per heavy atom. The van der Waals surface area contributed by atoms with Gasteiger partial charge in [0, 0.05) is 6.54 Å². The van der Waals surface area contributed by atoms with Crippen molar-refractivity contribution < 1.29 is 24.2 Å². The Morgan fingerprint density at radius 3 is 2.77 bits per heavy atom. The predicted molar refractivity (Wildman–Crippen MR) is 95.5 cm³/mol. The van der Waals surface area contributed by atoms with Crippen LogP contribution in [0.3, 0.4) is 0 Å². The van der Waals surface area contributed by atoms with Crippen LogP contribution < -0.4 is 10.7 Å². The van der Waals surface area contributed by atoms with Crippen LogP contribution in [0, 0.1) is 0 Å². The molecule has 0 fully saturated rings. The summed E-state index contributed by atoms with van der Waals surface area (Å²) in [6.07, 6.45) is 1.91. The molecule has 0 saturated carbocycles. The molecule has 0 aromatic heterocycles. The molecule has 8 heteroatoms. The van der Waals surface area contributed by atoms with Crippen molar-refractivity contribution in [2.24, 2.45) is 5.10 Å². The van der Waals surface area contributed by atoms with Gasteiger partial charge in [-0.15, -0.1) is 0 Å². The summed E-state index contributed by atoms with van der Waals surface area (Å²) in [6, 6.07) is 6.11. The molecular weight excluding hydrogens is 338 g/mol. The van der Waals surface area contributed by atoms with Gasteiger partial charge in [-0.05, 0) is 25.5 Å². The van der Waals surface area contributed by atoms with E-state index in [-0.39, 0.29) is 35.8 Å². The molecule has 0 radical (unpaired) electrons. The molecule has 1 amide bonds. The number of para-hydroxylation sites is 1. The summed E-state index contributed by atoms with van der Waals surface area (Å²) < 4.78 is 10.5. The van der Waals surface area contributed by atoms with E-state index < -0.39 is 11.9 Å². The minimum Gasteiger partial charge on any atom is -0.507 e. The SMILES string of the molecule is CCCCNC1=C(C(=O)OCC)/C(=N\NC(=O)c2ccccc2O)CO1. The number of unbranched alkanes of at least 4 members (excludes halogenated alkanes) is 1. The topological polar surface area (TPSA) is 109 Å². The number of benzene rings is 1. The molecule has 1 aliphatic heterocycles. The van der Waals surface area contributed by atoms with Gasteiger partial charge < -0.3 is 19.9 Å². The second-order valence-corrected chi connectivity index (χ2v) is 5.51. The Morgan fingerprint density at radius 2 is 2.08 bits per heavy atom. The molecule has 1 aliphatic rings. The first-order chi connectivity index (χ1) is 12.6. The number of phenolic OH excluding ortho intramolecular Hbond substituents is 1. The zero-order chi connectivity index (χ0) is 18.9. The predicted octanol–water partition coefficient (Wildman–Crippen LogP) is 1.67. The molecule has 1 heterocycles. The normalized spacial score (nSPS) is 14.9. The number of nitrogens with zero attached hydrogens (tertiary/aromatic N) is 1. The fourth-order valence-electron chi connectivity index (χ4n) is 2.28. The Labute approximate surface area is 151 Å². The summed E-state index contributed by atoms with van der Waals surface area (Å²) in [6.45, 7) is 4.65. The van der Waals surface area contributed by atoms with E-state index in [1.54, 1.807) is 19.1 Å². The minimum absolute atomic E-state index is 0.0314. The van der Waals surface area contributed by atoms with Crippen LogP contribution in [0.25, 0.3) is 0 Å². The second kappa shape index (κ2) is 9.45. The highest BCUT2D eigenvalue weighted by molar-refractivity contribution is 6.22. The summed E-state index contributed by atoms with van der Waals surface area (Å²) in [5.41, 5.74) is 2.84. The molecule has 0 bridgehead atoms. The van der Waals surface area contributed by atoms with Crippen LogP contribution in [0.15, 0.2) is 40.8 Å². The Hall–Kier alpha value is -3.03. The quantitative estimate of drug-likeness (QED) is 0.369. The van der Waals surface area contributed by atoms with Gasteiger partial charge in [0.05, 0.1) is 12.2 Å². The fraction of sp³-hybridized carbons (Fsp3) is 0.389. The molecule has 26 heavy (non-hydrogen) atoms. The monoisotopic (exact) mass is 361 g/mol. The maximum absolute atomic E-state index is 12.2. The fourth-order valence-corrected chi connectivity index (χ4v) is 2.28. The summed E-state index contributed by atoms with van der Waals surface area (Å²) in [5, 5.41) is 16.8. The number of nitrogens with one attached hydrogen (secondary N) is 2. The molecule has 3 N–H and O–H groups in total. The Balaban J connectivity index is 2.17. The third kappa shape index (κ3) is 4.75. The summed E-state index contributed by atoms with van der Waals surface area (Å²) in [7, 11) is 0. The van der Waals surface area contributed by atoms with E-state index in [4.69, 9.17) is 9.47 Å². The number of ether oxygens (including phenoxy) is 2. The third-order valence-electron chi connectivity index (χ3n) is 3.61. The van der Waals surface area contributed by atoms with Crippen molar-refractivity contribution in [1.29, 1.82) is 0 Å². The van der Waals surface area contributed by atoms with Crippen molar-refractivity contribution in [2.75, 3.05) is 19.8 Å². The largest absolute Gasteiger partial charge is 0.507 e. The van der Waals surface area contributed by atoms with Gasteiger partial charge in [-0.25, -0.2) is 10.2 Å². The standard InChI is InChI=1S/C18H23N3O5/c1-3-5-10-19-17-15(18(24)25-4-2)13(11-26-17)20-21-16(23)12-8-6-7-9-14(12)22/h6-9,19,22H,3-5,10-11H2,1-2H3,(H,21,23)/b20-13-. The summed E-state index contributed by atoms with van der Waals surface area (Å²) in [4.78, 5) is 24.4. The molecule has 1 aromatic rings. The van der Waals surface area contributed by atoms with Crippen molar-refractivity contribution in [2.45, 2.75) is 26.7 Å². The minimum atomic E-state index is -0.591. The summed E-state index contributed by atoms with van der Waals surface area (Å²) >= 11 is 0. The van der Waals surface area contributed by atoms with Gasteiger partial charge in [-0.3, -0.25) is 4.79 Å². The average Bonchev–Trinajstić information content (AvgIpc) is 3.03. The van der Waals surface area contributed by atoms with Crippen molar-refractivity contribution in [3.05, 3.63) is 41.3 Å². The smallest absolute Gasteiger partial charge is 0.345 e. The number of aromatic hydroxyl groups is 1. The van der Waals surface area contributed by atoms with E-state index in [1.807, 2.05) is 0 Å². The number of carbonyl (C=O) groups is 2. The molecule has 0 unspecified atom stereocenters. The van der Waals surface area contributed by atoms with Crippen LogP contribution in [0.2, 0.25) is 0 Å². The van der Waals surface area contributed by atoms with Crippen molar-refractivity contribution in [3.8, 4) is 5.75 Å². The number of hydrogen-bond acceptors (Lipinski definition) is 7. The molecule has 0 aliphatic carbocycles. The molecule has 8 nitrogen and oxygen atoms in total. The van der Waals surface area contributed by atoms with Gasteiger partial charge >= 0.3 is 5.97 Å². The maximum atomic E-state index is 12.2. The highest BCUT2D eigenvalue weighted by Gasteiger charge is 2.30. The lowest BCUT2D eigenvalue weighted by Gasteiger charge is -2.08. The number of rotatable bonds is 8. The van der Waals surface area contributed by atoms with Gasteiger partial charge in [0.2, 0.25) is 5.88 Å². The number of esters is 1. The van der Waals surface area contributed by atoms with Crippen LogP contribution in [-0.2, 0) is 14.3 Å². The van der Waals surface area contributed by atoms with Crippen molar-refractivity contribution >= 4 is 17.6 Å². The number of carbonyl (C=O) groups excluding carboxylic acids is 2. The maximum Gasteiger partial charge on any atom is 0.345 e. The van der Waals surface area contributed by atoms with Gasteiger partial charge in [-0.2, -0.15) is 5.10 Å². The molecule has 1 aromatic carbocycles. The lowest BCUT2D eigenvalue weighted by molar-refractivity contribution is -0.138. The van der Waals surface area contributed by atoms with Crippen LogP contribution >= 0.6 is 0 Å². The van der Waals surface area contributed by atoms with Crippen LogP contribution in [0.1, 0.15) is 37.0 Å².